The maximum absolute atomic E-state index is 4.31. The fourth-order valence-corrected chi connectivity index (χ4v) is 2.38. The van der Waals surface area contributed by atoms with Gasteiger partial charge in [-0.3, -0.25) is 0 Å². The Bertz CT molecular complexity index is 492. The minimum Gasteiger partial charge on any atom is -0.314 e. The van der Waals surface area contributed by atoms with E-state index in [9.17, 15) is 0 Å². The Hall–Kier alpha value is -1.49. The number of nitrogens with zero attached hydrogens (tertiary/aromatic N) is 4. The summed E-state index contributed by atoms with van der Waals surface area (Å²) in [4.78, 5) is 0. The van der Waals surface area contributed by atoms with Crippen molar-refractivity contribution in [3.8, 4) is 0 Å². The number of nitrogens with one attached hydrogen (secondary N) is 1. The van der Waals surface area contributed by atoms with Crippen molar-refractivity contribution in [3.63, 3.8) is 0 Å². The van der Waals surface area contributed by atoms with E-state index in [1.54, 1.807) is 6.20 Å². The van der Waals surface area contributed by atoms with Crippen LogP contribution in [0.3, 0.4) is 0 Å². The molecule has 5 nitrogen and oxygen atoms in total. The smallest absolute Gasteiger partial charge is 0.177 e. The number of piperidine rings is 1. The molecule has 5 heteroatoms. The standard InChI is InChI=1S/C11H15N5/c1-8-7-9(4-6-12-8)11-15-14-10-3-2-5-13-16(10)11/h2-3,5,8-9,12H,4,6-7H2,1H3. The molecular weight excluding hydrogens is 202 g/mol. The number of aromatic nitrogens is 4. The summed E-state index contributed by atoms with van der Waals surface area (Å²) >= 11 is 0. The van der Waals surface area contributed by atoms with Crippen molar-refractivity contribution in [2.45, 2.75) is 31.7 Å². The van der Waals surface area contributed by atoms with Crippen molar-refractivity contribution in [1.29, 1.82) is 0 Å². The Morgan fingerprint density at radius 2 is 2.38 bits per heavy atom. The highest BCUT2D eigenvalue weighted by molar-refractivity contribution is 5.35. The Balaban J connectivity index is 1.99. The third kappa shape index (κ3) is 1.57. The third-order valence-corrected chi connectivity index (χ3v) is 3.19. The molecule has 1 N–H and O–H groups in total. The molecule has 2 atom stereocenters. The first-order chi connectivity index (χ1) is 7.84. The molecule has 0 saturated carbocycles. The zero-order valence-electron chi connectivity index (χ0n) is 9.30. The second kappa shape index (κ2) is 3.83. The summed E-state index contributed by atoms with van der Waals surface area (Å²) in [5, 5.41) is 16.2. The molecule has 1 fully saturated rings. The van der Waals surface area contributed by atoms with Gasteiger partial charge in [0.25, 0.3) is 0 Å². The maximum atomic E-state index is 4.31. The molecule has 0 bridgehead atoms. The van der Waals surface area contributed by atoms with Crippen LogP contribution in [0.1, 0.15) is 31.5 Å². The third-order valence-electron chi connectivity index (χ3n) is 3.19. The average Bonchev–Trinajstić information content (AvgIpc) is 2.72. The van der Waals surface area contributed by atoms with E-state index in [0.717, 1.165) is 30.9 Å². The number of hydrogen-bond donors (Lipinski definition) is 1. The zero-order valence-corrected chi connectivity index (χ0v) is 9.30. The molecular formula is C11H15N5. The molecule has 1 aliphatic heterocycles. The fourth-order valence-electron chi connectivity index (χ4n) is 2.38. The van der Waals surface area contributed by atoms with E-state index in [1.807, 2.05) is 16.6 Å². The summed E-state index contributed by atoms with van der Waals surface area (Å²) in [5.41, 5.74) is 0.837. The summed E-state index contributed by atoms with van der Waals surface area (Å²) in [5.74, 6) is 1.48. The molecule has 2 aromatic heterocycles. The molecule has 1 aliphatic rings. The SMILES string of the molecule is CC1CC(c2nnc3cccnn23)CCN1. The number of hydrogen-bond acceptors (Lipinski definition) is 4. The van der Waals surface area contributed by atoms with Crippen molar-refractivity contribution >= 4 is 5.65 Å². The summed E-state index contributed by atoms with van der Waals surface area (Å²) < 4.78 is 1.86. The maximum Gasteiger partial charge on any atom is 0.177 e. The van der Waals surface area contributed by atoms with Gasteiger partial charge in [0.05, 0.1) is 0 Å². The zero-order chi connectivity index (χ0) is 11.0. The van der Waals surface area contributed by atoms with Crippen LogP contribution in [0, 0.1) is 0 Å². The highest BCUT2D eigenvalue weighted by atomic mass is 15.4. The highest BCUT2D eigenvalue weighted by Crippen LogP contribution is 2.25. The van der Waals surface area contributed by atoms with Gasteiger partial charge in [-0.2, -0.15) is 9.61 Å². The molecule has 1 saturated heterocycles. The fraction of sp³-hybridized carbons (Fsp3) is 0.545. The van der Waals surface area contributed by atoms with Crippen LogP contribution in [0.2, 0.25) is 0 Å². The molecule has 84 valence electrons. The van der Waals surface area contributed by atoms with Crippen LogP contribution in [0.5, 0.6) is 0 Å². The summed E-state index contributed by atoms with van der Waals surface area (Å²) in [6.45, 7) is 3.26. The Labute approximate surface area is 93.9 Å². The molecule has 3 rings (SSSR count). The van der Waals surface area contributed by atoms with Gasteiger partial charge in [0.15, 0.2) is 11.5 Å². The number of rotatable bonds is 1. The van der Waals surface area contributed by atoms with Gasteiger partial charge in [-0.15, -0.1) is 10.2 Å². The lowest BCUT2D eigenvalue weighted by Crippen LogP contribution is -2.35. The largest absolute Gasteiger partial charge is 0.314 e. The van der Waals surface area contributed by atoms with Crippen molar-refractivity contribution in [3.05, 3.63) is 24.2 Å². The van der Waals surface area contributed by atoms with E-state index in [-0.39, 0.29) is 0 Å². The first-order valence-electron chi connectivity index (χ1n) is 5.74. The van der Waals surface area contributed by atoms with E-state index in [4.69, 9.17) is 0 Å². The molecule has 2 aromatic rings. The lowest BCUT2D eigenvalue weighted by molar-refractivity contribution is 0.367. The first-order valence-corrected chi connectivity index (χ1v) is 5.74. The molecule has 0 aliphatic carbocycles. The Morgan fingerprint density at radius 1 is 1.44 bits per heavy atom. The van der Waals surface area contributed by atoms with Gasteiger partial charge in [0, 0.05) is 18.2 Å². The Morgan fingerprint density at radius 3 is 3.25 bits per heavy atom. The molecule has 0 spiro atoms. The minimum absolute atomic E-state index is 0.473. The second-order valence-corrected chi connectivity index (χ2v) is 4.43. The van der Waals surface area contributed by atoms with E-state index in [1.165, 1.54) is 0 Å². The molecule has 2 unspecified atom stereocenters. The van der Waals surface area contributed by atoms with Gasteiger partial charge in [-0.1, -0.05) is 0 Å². The average molecular weight is 217 g/mol. The van der Waals surface area contributed by atoms with Gasteiger partial charge in [-0.05, 0) is 38.4 Å². The van der Waals surface area contributed by atoms with Gasteiger partial charge >= 0.3 is 0 Å². The lowest BCUT2D eigenvalue weighted by Gasteiger charge is -2.26. The van der Waals surface area contributed by atoms with E-state index in [0.29, 0.717) is 12.0 Å². The van der Waals surface area contributed by atoms with Gasteiger partial charge < -0.3 is 5.32 Å². The van der Waals surface area contributed by atoms with Crippen LogP contribution in [-0.2, 0) is 0 Å². The summed E-state index contributed by atoms with van der Waals surface area (Å²) in [7, 11) is 0. The molecule has 16 heavy (non-hydrogen) atoms. The van der Waals surface area contributed by atoms with Crippen molar-refractivity contribution < 1.29 is 0 Å². The van der Waals surface area contributed by atoms with Crippen LogP contribution < -0.4 is 5.32 Å². The van der Waals surface area contributed by atoms with Crippen LogP contribution in [0.4, 0.5) is 0 Å². The number of fused-ring (bicyclic) bond motifs is 1. The highest BCUT2D eigenvalue weighted by Gasteiger charge is 2.24. The molecule has 0 amide bonds. The molecule has 0 radical (unpaired) electrons. The van der Waals surface area contributed by atoms with Crippen LogP contribution in [0.25, 0.3) is 5.65 Å². The predicted octanol–water partition coefficient (Wildman–Crippen LogP) is 0.980. The second-order valence-electron chi connectivity index (χ2n) is 4.43. The topological polar surface area (TPSA) is 55.1 Å². The van der Waals surface area contributed by atoms with E-state index < -0.39 is 0 Å². The van der Waals surface area contributed by atoms with Crippen molar-refractivity contribution in [2.24, 2.45) is 0 Å². The van der Waals surface area contributed by atoms with Crippen LogP contribution >= 0.6 is 0 Å². The Kier molecular flexibility index (Phi) is 2.32. The normalized spacial score (nSPS) is 26.1. The van der Waals surface area contributed by atoms with Gasteiger partial charge in [0.2, 0.25) is 0 Å². The van der Waals surface area contributed by atoms with Crippen LogP contribution in [-0.4, -0.2) is 32.4 Å². The van der Waals surface area contributed by atoms with Crippen molar-refractivity contribution in [1.82, 2.24) is 25.1 Å². The van der Waals surface area contributed by atoms with Crippen molar-refractivity contribution in [2.75, 3.05) is 6.54 Å². The minimum atomic E-state index is 0.473. The van der Waals surface area contributed by atoms with E-state index in [2.05, 4.69) is 27.5 Å². The lowest BCUT2D eigenvalue weighted by atomic mass is 9.93. The van der Waals surface area contributed by atoms with Gasteiger partial charge in [0.1, 0.15) is 0 Å². The van der Waals surface area contributed by atoms with Crippen LogP contribution in [0.15, 0.2) is 18.3 Å². The summed E-state index contributed by atoms with van der Waals surface area (Å²) in [6, 6.07) is 4.38. The monoisotopic (exact) mass is 217 g/mol. The quantitative estimate of drug-likeness (QED) is 0.773. The van der Waals surface area contributed by atoms with Gasteiger partial charge in [-0.25, -0.2) is 0 Å². The molecule has 3 heterocycles. The molecule has 0 aromatic carbocycles. The van der Waals surface area contributed by atoms with E-state index >= 15 is 0 Å². The predicted molar refractivity (Wildman–Crippen MR) is 60.2 cm³/mol. The first kappa shape index (κ1) is 9.72. The summed E-state index contributed by atoms with van der Waals surface area (Å²) in [6.07, 6.45) is 4.00.